The van der Waals surface area contributed by atoms with E-state index >= 15 is 0 Å². The van der Waals surface area contributed by atoms with Crippen molar-refractivity contribution in [3.8, 4) is 11.5 Å². The van der Waals surface area contributed by atoms with Gasteiger partial charge in [-0.25, -0.2) is 4.79 Å². The van der Waals surface area contributed by atoms with Crippen LogP contribution in [0.3, 0.4) is 0 Å². The number of hydrogen-bond acceptors (Lipinski definition) is 5. The molecule has 2 N–H and O–H groups in total. The highest BCUT2D eigenvalue weighted by Crippen LogP contribution is 2.18. The van der Waals surface area contributed by atoms with E-state index in [1.807, 2.05) is 24.3 Å². The number of nitrogens with two attached hydrogens (primary N) is 1. The molecule has 0 fully saturated rings. The second-order valence-electron chi connectivity index (χ2n) is 5.84. The van der Waals surface area contributed by atoms with E-state index in [1.165, 1.54) is 0 Å². The number of methoxy groups -OCH3 is 1. The van der Waals surface area contributed by atoms with Gasteiger partial charge in [0.15, 0.2) is 0 Å². The smallest absolute Gasteiger partial charge is 0.490 e. The quantitative estimate of drug-likeness (QED) is 0.709. The van der Waals surface area contributed by atoms with Crippen LogP contribution in [0.2, 0.25) is 0 Å². The molecule has 0 unspecified atom stereocenters. The van der Waals surface area contributed by atoms with E-state index < -0.39 is 24.8 Å². The van der Waals surface area contributed by atoms with Crippen LogP contribution in [-0.4, -0.2) is 31.9 Å². The number of rotatable bonds is 8. The molecule has 0 saturated carbocycles. The summed E-state index contributed by atoms with van der Waals surface area (Å²) in [6, 6.07) is 13.7. The molecule has 0 saturated heterocycles. The number of halogens is 3. The Morgan fingerprint density at radius 2 is 1.56 bits per heavy atom. The molecule has 1 atom stereocenters. The predicted octanol–water partition coefficient (Wildman–Crippen LogP) is 3.25. The lowest BCUT2D eigenvalue weighted by molar-refractivity contribution is -0.200. The molecule has 2 aromatic carbocycles. The van der Waals surface area contributed by atoms with Crippen molar-refractivity contribution < 1.29 is 32.2 Å². The zero-order valence-corrected chi connectivity index (χ0v) is 14.7. The van der Waals surface area contributed by atoms with Gasteiger partial charge in [-0.05, 0) is 41.8 Å². The van der Waals surface area contributed by atoms with Crippen LogP contribution in [0.4, 0.5) is 13.2 Å². The van der Waals surface area contributed by atoms with Crippen LogP contribution >= 0.6 is 0 Å². The summed E-state index contributed by atoms with van der Waals surface area (Å²) in [6.45, 7) is -0.121. The number of alkyl halides is 3. The van der Waals surface area contributed by atoms with Crippen molar-refractivity contribution >= 4 is 5.97 Å². The van der Waals surface area contributed by atoms with Gasteiger partial charge >= 0.3 is 12.1 Å². The van der Waals surface area contributed by atoms with Crippen molar-refractivity contribution in [2.75, 3.05) is 13.7 Å². The Labute approximate surface area is 154 Å². The third-order valence-electron chi connectivity index (χ3n) is 3.65. The number of esters is 1. The summed E-state index contributed by atoms with van der Waals surface area (Å²) in [5.74, 6) is -0.827. The molecule has 8 heteroatoms. The fraction of sp³-hybridized carbons (Fsp3) is 0.316. The first-order valence-electron chi connectivity index (χ1n) is 8.12. The maximum atomic E-state index is 12.1. The van der Waals surface area contributed by atoms with Gasteiger partial charge in [0, 0.05) is 6.04 Å². The third kappa shape index (κ3) is 6.82. The summed E-state index contributed by atoms with van der Waals surface area (Å²) < 4.78 is 51.1. The lowest BCUT2D eigenvalue weighted by atomic mass is 10.1. The highest BCUT2D eigenvalue weighted by molar-refractivity contribution is 5.75. The van der Waals surface area contributed by atoms with Crippen LogP contribution in [0.1, 0.15) is 11.1 Å². The lowest BCUT2D eigenvalue weighted by Gasteiger charge is -2.14. The van der Waals surface area contributed by atoms with Crippen molar-refractivity contribution in [1.29, 1.82) is 0 Å². The second-order valence-corrected chi connectivity index (χ2v) is 5.84. The minimum atomic E-state index is -5.01. The largest absolute Gasteiger partial charge is 0.497 e. The van der Waals surface area contributed by atoms with Crippen LogP contribution in [0.15, 0.2) is 48.5 Å². The molecule has 0 radical (unpaired) electrons. The van der Waals surface area contributed by atoms with Gasteiger partial charge in [0.2, 0.25) is 0 Å². The minimum Gasteiger partial charge on any atom is -0.497 e. The van der Waals surface area contributed by atoms with Gasteiger partial charge < -0.3 is 19.9 Å². The van der Waals surface area contributed by atoms with E-state index in [9.17, 15) is 18.0 Å². The Balaban J connectivity index is 1.79. The van der Waals surface area contributed by atoms with Gasteiger partial charge in [0.25, 0.3) is 0 Å². The molecule has 27 heavy (non-hydrogen) atoms. The highest BCUT2D eigenvalue weighted by atomic mass is 19.4. The van der Waals surface area contributed by atoms with E-state index in [4.69, 9.17) is 15.2 Å². The summed E-state index contributed by atoms with van der Waals surface area (Å²) in [7, 11) is 1.60. The number of hydrogen-bond donors (Lipinski definition) is 1. The fourth-order valence-electron chi connectivity index (χ4n) is 2.24. The first-order valence-corrected chi connectivity index (χ1v) is 8.12. The first-order chi connectivity index (χ1) is 12.8. The van der Waals surface area contributed by atoms with Gasteiger partial charge in [-0.1, -0.05) is 24.3 Å². The summed E-state index contributed by atoms with van der Waals surface area (Å²) in [6.07, 6.45) is -4.74. The Morgan fingerprint density at radius 3 is 2.11 bits per heavy atom. The Kier molecular flexibility index (Phi) is 7.06. The zero-order valence-electron chi connectivity index (χ0n) is 14.7. The van der Waals surface area contributed by atoms with Gasteiger partial charge in [0.05, 0.1) is 7.11 Å². The second kappa shape index (κ2) is 9.27. The van der Waals surface area contributed by atoms with E-state index in [0.29, 0.717) is 12.4 Å². The average Bonchev–Trinajstić information content (AvgIpc) is 2.65. The van der Waals surface area contributed by atoms with Crippen LogP contribution in [0, 0.1) is 0 Å². The highest BCUT2D eigenvalue weighted by Gasteiger charge is 2.41. The van der Waals surface area contributed by atoms with Gasteiger partial charge in [0.1, 0.15) is 24.7 Å². The molecular formula is C19H20F3NO4. The van der Waals surface area contributed by atoms with Gasteiger partial charge in [-0.3, -0.25) is 0 Å². The molecule has 0 amide bonds. The molecule has 0 spiro atoms. The molecule has 2 rings (SSSR count). The topological polar surface area (TPSA) is 70.8 Å². The molecule has 0 aliphatic carbocycles. The monoisotopic (exact) mass is 383 g/mol. The minimum absolute atomic E-state index is 0.268. The van der Waals surface area contributed by atoms with Crippen molar-refractivity contribution in [3.05, 3.63) is 59.7 Å². The first kappa shape index (κ1) is 20.6. The standard InChI is InChI=1S/C19H20F3NO4/c1-25-16-6-4-14(5-7-16)11-26-17-8-2-13(3-9-17)10-15(23)12-27-18(24)19(20,21)22/h2-9,15H,10-12,23H2,1H3/t15-/m0/s1. The summed E-state index contributed by atoms with van der Waals surface area (Å²) in [5.41, 5.74) is 7.48. The Hall–Kier alpha value is -2.74. The number of benzene rings is 2. The summed E-state index contributed by atoms with van der Waals surface area (Å²) in [4.78, 5) is 10.7. The molecule has 0 bridgehead atoms. The number of ether oxygens (including phenoxy) is 3. The number of carbonyl (C=O) groups excluding carboxylic acids is 1. The Bertz CT molecular complexity index is 730. The van der Waals surface area contributed by atoms with Crippen LogP contribution in [-0.2, 0) is 22.6 Å². The molecule has 2 aromatic rings. The van der Waals surface area contributed by atoms with Crippen molar-refractivity contribution in [2.45, 2.75) is 25.2 Å². The molecule has 0 heterocycles. The van der Waals surface area contributed by atoms with Crippen molar-refractivity contribution in [3.63, 3.8) is 0 Å². The van der Waals surface area contributed by atoms with E-state index in [1.54, 1.807) is 31.4 Å². The van der Waals surface area contributed by atoms with E-state index in [2.05, 4.69) is 4.74 Å². The molecule has 0 aliphatic heterocycles. The maximum Gasteiger partial charge on any atom is 0.490 e. The van der Waals surface area contributed by atoms with Gasteiger partial charge in [-0.15, -0.1) is 0 Å². The SMILES string of the molecule is COc1ccc(COc2ccc(C[C@H](N)COC(=O)C(F)(F)F)cc2)cc1. The van der Waals surface area contributed by atoms with Crippen molar-refractivity contribution in [1.82, 2.24) is 0 Å². The normalized spacial score (nSPS) is 12.3. The average molecular weight is 383 g/mol. The molecule has 5 nitrogen and oxygen atoms in total. The molecular weight excluding hydrogens is 363 g/mol. The van der Waals surface area contributed by atoms with Crippen molar-refractivity contribution in [2.24, 2.45) is 5.73 Å². The predicted molar refractivity (Wildman–Crippen MR) is 92.5 cm³/mol. The van der Waals surface area contributed by atoms with Gasteiger partial charge in [-0.2, -0.15) is 13.2 Å². The molecule has 0 aliphatic rings. The maximum absolute atomic E-state index is 12.1. The molecule has 146 valence electrons. The van der Waals surface area contributed by atoms with Crippen LogP contribution in [0.25, 0.3) is 0 Å². The summed E-state index contributed by atoms with van der Waals surface area (Å²) in [5, 5.41) is 0. The fourth-order valence-corrected chi connectivity index (χ4v) is 2.24. The van der Waals surface area contributed by atoms with E-state index in [-0.39, 0.29) is 6.42 Å². The zero-order chi connectivity index (χ0) is 19.9. The third-order valence-corrected chi connectivity index (χ3v) is 3.65. The molecule has 0 aromatic heterocycles. The van der Waals surface area contributed by atoms with Crippen LogP contribution in [0.5, 0.6) is 11.5 Å². The summed E-state index contributed by atoms with van der Waals surface area (Å²) >= 11 is 0. The van der Waals surface area contributed by atoms with E-state index in [0.717, 1.165) is 16.9 Å². The number of carbonyl (C=O) groups is 1. The Morgan fingerprint density at radius 1 is 1.00 bits per heavy atom. The lowest BCUT2D eigenvalue weighted by Crippen LogP contribution is -2.34. The van der Waals surface area contributed by atoms with Crippen LogP contribution < -0.4 is 15.2 Å².